The Morgan fingerprint density at radius 3 is 2.64 bits per heavy atom. The van der Waals surface area contributed by atoms with Gasteiger partial charge in [-0.15, -0.1) is 0 Å². The summed E-state index contributed by atoms with van der Waals surface area (Å²) in [6.45, 7) is -0.593. The van der Waals surface area contributed by atoms with Crippen molar-refractivity contribution in [2.24, 2.45) is 0 Å². The summed E-state index contributed by atoms with van der Waals surface area (Å²) in [6.07, 6.45) is -5.19. The van der Waals surface area contributed by atoms with E-state index in [4.69, 9.17) is 16.2 Å². The van der Waals surface area contributed by atoms with Crippen molar-refractivity contribution in [1.29, 1.82) is 0 Å². The van der Waals surface area contributed by atoms with E-state index in [1.807, 2.05) is 0 Å². The molecule has 1 fully saturated rings. The Morgan fingerprint density at radius 1 is 1.50 bits per heavy atom. The van der Waals surface area contributed by atoms with Gasteiger partial charge >= 0.3 is 90.7 Å². The molecule has 1 aliphatic heterocycles. The molecule has 1 saturated heterocycles. The second-order valence-electron chi connectivity index (χ2n) is 2.75. The van der Waals surface area contributed by atoms with Crippen LogP contribution in [-0.2, 0) is 10.8 Å². The number of hydrogen-bond donors (Lipinski definition) is 4. The summed E-state index contributed by atoms with van der Waals surface area (Å²) in [7, 11) is 0. The van der Waals surface area contributed by atoms with Crippen LogP contribution in [0, 0.1) is 0 Å². The molecule has 0 bridgehead atoms. The zero-order valence-corrected chi connectivity index (χ0v) is 9.53. The molecule has 0 saturated carbocycles. The second kappa shape index (κ2) is 5.25. The second-order valence-corrected chi connectivity index (χ2v) is 4.38. The number of rotatable bonds is 3. The normalized spacial score (nSPS) is 35.2. The molecule has 0 spiro atoms. The van der Waals surface area contributed by atoms with Gasteiger partial charge in [-0.2, -0.15) is 0 Å². The Morgan fingerprint density at radius 2 is 2.14 bits per heavy atom. The van der Waals surface area contributed by atoms with Crippen molar-refractivity contribution in [2.75, 3.05) is 6.61 Å². The van der Waals surface area contributed by atoms with Gasteiger partial charge in [0.25, 0.3) is 0 Å². The first-order valence-electron chi connectivity index (χ1n) is 3.79. The third-order valence-corrected chi connectivity index (χ3v) is 3.61. The first kappa shape index (κ1) is 12.2. The molecular formula is C6H10O7Sb. The summed E-state index contributed by atoms with van der Waals surface area (Å²) in [6, 6.07) is 0. The van der Waals surface area contributed by atoms with Crippen molar-refractivity contribution in [3.8, 4) is 0 Å². The van der Waals surface area contributed by atoms with E-state index in [0.29, 0.717) is 0 Å². The van der Waals surface area contributed by atoms with Crippen LogP contribution in [0.15, 0.2) is 0 Å². The van der Waals surface area contributed by atoms with Gasteiger partial charge in [0.1, 0.15) is 0 Å². The molecule has 0 aromatic rings. The van der Waals surface area contributed by atoms with Crippen LogP contribution in [0.5, 0.6) is 0 Å². The summed E-state index contributed by atoms with van der Waals surface area (Å²) in [5.41, 5.74) is 0. The third kappa shape index (κ3) is 2.56. The Kier molecular flexibility index (Phi) is 4.56. The minimum absolute atomic E-state index is 0.593. The SMILES string of the molecule is O=C(O)[C@@H]1[O][Sb][O][C@H]([C@H](O)CO)[C@@H]1O. The van der Waals surface area contributed by atoms with Gasteiger partial charge in [0.05, 0.1) is 0 Å². The monoisotopic (exact) mass is 315 g/mol. The van der Waals surface area contributed by atoms with Crippen molar-refractivity contribution in [3.05, 3.63) is 0 Å². The van der Waals surface area contributed by atoms with Crippen LogP contribution in [0.25, 0.3) is 0 Å². The molecule has 4 atom stereocenters. The van der Waals surface area contributed by atoms with Gasteiger partial charge < -0.3 is 0 Å². The number of carboxylic acid groups (broad SMARTS) is 1. The fraction of sp³-hybridized carbons (Fsp3) is 0.833. The average Bonchev–Trinajstić information content (AvgIpc) is 2.16. The molecule has 0 aliphatic carbocycles. The van der Waals surface area contributed by atoms with E-state index < -0.39 is 59.4 Å². The summed E-state index contributed by atoms with van der Waals surface area (Å²) < 4.78 is 9.69. The van der Waals surface area contributed by atoms with Gasteiger partial charge in [0.15, 0.2) is 0 Å². The van der Waals surface area contributed by atoms with Gasteiger partial charge in [-0.05, 0) is 0 Å². The minimum atomic E-state index is -1.62. The van der Waals surface area contributed by atoms with E-state index >= 15 is 0 Å². The van der Waals surface area contributed by atoms with Gasteiger partial charge in [-0.1, -0.05) is 0 Å². The number of aliphatic hydroxyl groups excluding tert-OH is 3. The fourth-order valence-corrected chi connectivity index (χ4v) is 3.07. The van der Waals surface area contributed by atoms with Crippen LogP contribution in [0.2, 0.25) is 0 Å². The summed E-state index contributed by atoms with van der Waals surface area (Å²) in [5.74, 6) is -1.30. The summed E-state index contributed by atoms with van der Waals surface area (Å²) >= 11 is -1.62. The molecule has 0 aromatic heterocycles. The van der Waals surface area contributed by atoms with Crippen molar-refractivity contribution in [1.82, 2.24) is 0 Å². The van der Waals surface area contributed by atoms with Crippen molar-refractivity contribution >= 4 is 28.4 Å². The molecule has 0 unspecified atom stereocenters. The molecule has 1 heterocycles. The molecule has 1 aliphatic rings. The maximum atomic E-state index is 10.6. The van der Waals surface area contributed by atoms with Gasteiger partial charge in [-0.3, -0.25) is 0 Å². The molecule has 1 rings (SSSR count). The van der Waals surface area contributed by atoms with Crippen molar-refractivity contribution in [3.63, 3.8) is 0 Å². The predicted octanol–water partition coefficient (Wildman–Crippen LogP) is -2.90. The van der Waals surface area contributed by atoms with Crippen LogP contribution in [-0.4, -0.2) is 79.9 Å². The van der Waals surface area contributed by atoms with E-state index in [2.05, 4.69) is 0 Å². The molecule has 1 radical (unpaired) electrons. The zero-order chi connectivity index (χ0) is 10.7. The molecule has 0 amide bonds. The van der Waals surface area contributed by atoms with Crippen LogP contribution >= 0.6 is 0 Å². The fourth-order valence-electron chi connectivity index (χ4n) is 1.01. The predicted molar refractivity (Wildman–Crippen MR) is 42.2 cm³/mol. The number of aliphatic carboxylic acids is 1. The Hall–Kier alpha value is 0.0882. The van der Waals surface area contributed by atoms with Crippen molar-refractivity contribution < 1.29 is 31.3 Å². The molecule has 0 aromatic carbocycles. The van der Waals surface area contributed by atoms with Gasteiger partial charge in [0.2, 0.25) is 0 Å². The van der Waals surface area contributed by atoms with Gasteiger partial charge in [0, 0.05) is 0 Å². The van der Waals surface area contributed by atoms with Crippen LogP contribution in [0.3, 0.4) is 0 Å². The number of aliphatic hydroxyl groups is 3. The van der Waals surface area contributed by atoms with Gasteiger partial charge in [-0.25, -0.2) is 0 Å². The van der Waals surface area contributed by atoms with E-state index in [1.54, 1.807) is 0 Å². The molecule has 81 valence electrons. The average molecular weight is 316 g/mol. The quantitative estimate of drug-likeness (QED) is 0.413. The van der Waals surface area contributed by atoms with E-state index in [1.165, 1.54) is 0 Å². The molecule has 4 N–H and O–H groups in total. The Bertz CT molecular complexity index is 210. The number of carboxylic acids is 1. The number of carbonyl (C=O) groups is 1. The summed E-state index contributed by atoms with van der Waals surface area (Å²) in [5, 5.41) is 35.9. The third-order valence-electron chi connectivity index (χ3n) is 1.78. The first-order chi connectivity index (χ1) is 6.57. The number of hydrogen-bond acceptors (Lipinski definition) is 6. The topological polar surface area (TPSA) is 116 Å². The van der Waals surface area contributed by atoms with Crippen LogP contribution in [0.4, 0.5) is 0 Å². The van der Waals surface area contributed by atoms with Crippen molar-refractivity contribution in [2.45, 2.75) is 24.4 Å². The Balaban J connectivity index is 2.65. The van der Waals surface area contributed by atoms with Crippen LogP contribution < -0.4 is 0 Å². The zero-order valence-electron chi connectivity index (χ0n) is 6.98. The molecule has 14 heavy (non-hydrogen) atoms. The first-order valence-corrected chi connectivity index (χ1v) is 5.88. The van der Waals surface area contributed by atoms with E-state index in [0.717, 1.165) is 0 Å². The molecule has 7 nitrogen and oxygen atoms in total. The van der Waals surface area contributed by atoms with E-state index in [9.17, 15) is 15.0 Å². The van der Waals surface area contributed by atoms with E-state index in [-0.39, 0.29) is 0 Å². The summed E-state index contributed by atoms with van der Waals surface area (Å²) in [4.78, 5) is 10.6. The Labute approximate surface area is 90.9 Å². The van der Waals surface area contributed by atoms with Crippen LogP contribution in [0.1, 0.15) is 0 Å². The molecular weight excluding hydrogens is 306 g/mol. The maximum absolute atomic E-state index is 10.6. The molecule has 8 heteroatoms. The standard InChI is InChI=1S/C6H10O7.Sb/c7-1-2(8)3(9)4(10)5(11)6(12)13;/h2-5,7-8,10H,1H2,(H,12,13);/q-2;+2/t2-,3-,4+,5-;/m1./s1.